The molecule has 2 saturated heterocycles. The Bertz CT molecular complexity index is 952. The molecule has 0 spiro atoms. The first kappa shape index (κ1) is 24.3. The minimum absolute atomic E-state index is 0.0404. The molecule has 2 heterocycles. The van der Waals surface area contributed by atoms with Gasteiger partial charge in [0.15, 0.2) is 0 Å². The van der Waals surface area contributed by atoms with Crippen molar-refractivity contribution in [3.8, 4) is 0 Å². The average Bonchev–Trinajstić information content (AvgIpc) is 2.85. The molecule has 0 atom stereocenters. The lowest BCUT2D eigenvalue weighted by Gasteiger charge is -2.36. The van der Waals surface area contributed by atoms with Crippen LogP contribution in [-0.4, -0.2) is 60.9 Å². The number of carbonyl (C=O) groups is 2. The summed E-state index contributed by atoms with van der Waals surface area (Å²) in [7, 11) is 0. The van der Waals surface area contributed by atoms with E-state index in [0.717, 1.165) is 51.3 Å². The van der Waals surface area contributed by atoms with Crippen LogP contribution < -0.4 is 10.2 Å². The molecule has 2 amide bonds. The second kappa shape index (κ2) is 10.6. The lowest BCUT2D eigenvalue weighted by atomic mass is 9.90. The summed E-state index contributed by atoms with van der Waals surface area (Å²) in [4.78, 5) is 32.1. The van der Waals surface area contributed by atoms with Crippen molar-refractivity contribution in [1.82, 2.24) is 9.80 Å². The van der Waals surface area contributed by atoms with E-state index in [0.29, 0.717) is 13.1 Å². The predicted molar refractivity (Wildman–Crippen MR) is 138 cm³/mol. The van der Waals surface area contributed by atoms with E-state index >= 15 is 0 Å². The Hall–Kier alpha value is -2.86. The number of amides is 2. The Kier molecular flexibility index (Phi) is 7.57. The van der Waals surface area contributed by atoms with Gasteiger partial charge in [-0.1, -0.05) is 51.1 Å². The van der Waals surface area contributed by atoms with Gasteiger partial charge < -0.3 is 15.1 Å². The third-order valence-corrected chi connectivity index (χ3v) is 6.92. The first-order valence-corrected chi connectivity index (χ1v) is 12.5. The van der Waals surface area contributed by atoms with Crippen molar-refractivity contribution in [2.45, 2.75) is 40.2 Å². The number of likely N-dealkylation sites (tertiary alicyclic amines) is 1. The highest BCUT2D eigenvalue weighted by molar-refractivity contribution is 5.93. The Morgan fingerprint density at radius 2 is 1.47 bits per heavy atom. The van der Waals surface area contributed by atoms with E-state index in [1.165, 1.54) is 11.3 Å². The van der Waals surface area contributed by atoms with Gasteiger partial charge in [-0.3, -0.25) is 14.5 Å². The van der Waals surface area contributed by atoms with E-state index in [1.807, 2.05) is 37.8 Å². The molecule has 0 radical (unpaired) electrons. The molecular formula is C28H38N4O2. The normalized spacial score (nSPS) is 18.1. The molecule has 2 aliphatic heterocycles. The SMILES string of the molecule is CC(C)(C)C(=O)N1CCC(C(=O)Nc2ccc(N3CCN(Cc4ccccc4)CC3)cc2)CC1. The summed E-state index contributed by atoms with van der Waals surface area (Å²) in [6.45, 7) is 12.3. The van der Waals surface area contributed by atoms with Gasteiger partial charge in [0, 0.05) is 68.5 Å². The van der Waals surface area contributed by atoms with Gasteiger partial charge in [0.2, 0.25) is 11.8 Å². The summed E-state index contributed by atoms with van der Waals surface area (Å²) >= 11 is 0. The predicted octanol–water partition coefficient (Wildman–Crippen LogP) is 4.23. The lowest BCUT2D eigenvalue weighted by Crippen LogP contribution is -2.46. The molecule has 6 heteroatoms. The fraction of sp³-hybridized carbons (Fsp3) is 0.500. The van der Waals surface area contributed by atoms with Crippen molar-refractivity contribution in [3.05, 3.63) is 60.2 Å². The Morgan fingerprint density at radius 1 is 0.853 bits per heavy atom. The highest BCUT2D eigenvalue weighted by Crippen LogP contribution is 2.25. The quantitative estimate of drug-likeness (QED) is 0.723. The molecule has 0 bridgehead atoms. The maximum atomic E-state index is 12.8. The van der Waals surface area contributed by atoms with Crippen LogP contribution in [0.15, 0.2) is 54.6 Å². The van der Waals surface area contributed by atoms with Crippen molar-refractivity contribution < 1.29 is 9.59 Å². The molecule has 0 unspecified atom stereocenters. The van der Waals surface area contributed by atoms with Gasteiger partial charge in [-0.05, 0) is 42.7 Å². The molecule has 6 nitrogen and oxygen atoms in total. The van der Waals surface area contributed by atoms with E-state index in [1.54, 1.807) is 0 Å². The zero-order chi connectivity index (χ0) is 24.1. The van der Waals surface area contributed by atoms with E-state index in [4.69, 9.17) is 0 Å². The first-order chi connectivity index (χ1) is 16.3. The van der Waals surface area contributed by atoms with Crippen LogP contribution >= 0.6 is 0 Å². The molecule has 2 fully saturated rings. The molecule has 0 aromatic heterocycles. The largest absolute Gasteiger partial charge is 0.369 e. The third-order valence-electron chi connectivity index (χ3n) is 6.92. The molecule has 2 aliphatic rings. The van der Waals surface area contributed by atoms with Gasteiger partial charge in [-0.2, -0.15) is 0 Å². The number of nitrogens with zero attached hydrogens (tertiary/aromatic N) is 3. The second-order valence-electron chi connectivity index (χ2n) is 10.6. The monoisotopic (exact) mass is 462 g/mol. The summed E-state index contributed by atoms with van der Waals surface area (Å²) < 4.78 is 0. The minimum atomic E-state index is -0.370. The topological polar surface area (TPSA) is 55.9 Å². The standard InChI is InChI=1S/C28H38N4O2/c1-28(2,3)27(34)32-15-13-23(14-16-32)26(33)29-24-9-11-25(12-10-24)31-19-17-30(18-20-31)21-22-7-5-4-6-8-22/h4-12,23H,13-21H2,1-3H3,(H,29,33). The number of carbonyl (C=O) groups excluding carboxylic acids is 2. The highest BCUT2D eigenvalue weighted by Gasteiger charge is 2.32. The molecule has 2 aromatic carbocycles. The highest BCUT2D eigenvalue weighted by atomic mass is 16.2. The molecule has 34 heavy (non-hydrogen) atoms. The molecular weight excluding hydrogens is 424 g/mol. The van der Waals surface area contributed by atoms with Crippen LogP contribution in [0.25, 0.3) is 0 Å². The summed E-state index contributed by atoms with van der Waals surface area (Å²) in [5.41, 5.74) is 3.03. The van der Waals surface area contributed by atoms with Crippen molar-refractivity contribution in [3.63, 3.8) is 0 Å². The number of hydrogen-bond acceptors (Lipinski definition) is 4. The summed E-state index contributed by atoms with van der Waals surface area (Å²) in [6.07, 6.45) is 1.44. The van der Waals surface area contributed by atoms with Crippen LogP contribution in [0.4, 0.5) is 11.4 Å². The Morgan fingerprint density at radius 3 is 2.06 bits per heavy atom. The lowest BCUT2D eigenvalue weighted by molar-refractivity contribution is -0.142. The van der Waals surface area contributed by atoms with Crippen LogP contribution in [0.1, 0.15) is 39.2 Å². The van der Waals surface area contributed by atoms with Crippen LogP contribution in [0, 0.1) is 11.3 Å². The number of anilines is 2. The van der Waals surface area contributed by atoms with E-state index < -0.39 is 0 Å². The van der Waals surface area contributed by atoms with Gasteiger partial charge in [0.25, 0.3) is 0 Å². The third kappa shape index (κ3) is 6.17. The average molecular weight is 463 g/mol. The number of rotatable bonds is 5. The van der Waals surface area contributed by atoms with Crippen LogP contribution in [0.5, 0.6) is 0 Å². The van der Waals surface area contributed by atoms with E-state index in [-0.39, 0.29) is 23.1 Å². The van der Waals surface area contributed by atoms with E-state index in [2.05, 4.69) is 57.6 Å². The number of hydrogen-bond donors (Lipinski definition) is 1. The fourth-order valence-electron chi connectivity index (χ4n) is 4.82. The molecule has 0 aliphatic carbocycles. The molecule has 2 aromatic rings. The number of benzene rings is 2. The minimum Gasteiger partial charge on any atom is -0.369 e. The van der Waals surface area contributed by atoms with Gasteiger partial charge in [-0.15, -0.1) is 0 Å². The number of nitrogens with one attached hydrogen (secondary N) is 1. The van der Waals surface area contributed by atoms with Gasteiger partial charge >= 0.3 is 0 Å². The Balaban J connectivity index is 1.23. The smallest absolute Gasteiger partial charge is 0.227 e. The van der Waals surface area contributed by atoms with Gasteiger partial charge in [0.1, 0.15) is 0 Å². The zero-order valence-electron chi connectivity index (χ0n) is 20.8. The number of piperazine rings is 1. The molecule has 4 rings (SSSR count). The summed E-state index contributed by atoms with van der Waals surface area (Å²) in [5.74, 6) is 0.189. The fourth-order valence-corrected chi connectivity index (χ4v) is 4.82. The van der Waals surface area contributed by atoms with Crippen molar-refractivity contribution in [2.75, 3.05) is 49.5 Å². The van der Waals surface area contributed by atoms with Crippen molar-refractivity contribution in [2.24, 2.45) is 11.3 Å². The first-order valence-electron chi connectivity index (χ1n) is 12.5. The van der Waals surface area contributed by atoms with Crippen molar-refractivity contribution >= 4 is 23.2 Å². The zero-order valence-corrected chi connectivity index (χ0v) is 20.8. The van der Waals surface area contributed by atoms with Crippen LogP contribution in [-0.2, 0) is 16.1 Å². The second-order valence-corrected chi connectivity index (χ2v) is 10.6. The Labute approximate surface area is 203 Å². The summed E-state index contributed by atoms with van der Waals surface area (Å²) in [5, 5.41) is 3.08. The van der Waals surface area contributed by atoms with E-state index in [9.17, 15) is 9.59 Å². The van der Waals surface area contributed by atoms with Crippen LogP contribution in [0.2, 0.25) is 0 Å². The van der Waals surface area contributed by atoms with Gasteiger partial charge in [0.05, 0.1) is 0 Å². The maximum absolute atomic E-state index is 12.8. The van der Waals surface area contributed by atoms with Crippen molar-refractivity contribution in [1.29, 1.82) is 0 Å². The molecule has 182 valence electrons. The van der Waals surface area contributed by atoms with Gasteiger partial charge in [-0.25, -0.2) is 0 Å². The summed E-state index contributed by atoms with van der Waals surface area (Å²) in [6, 6.07) is 18.9. The maximum Gasteiger partial charge on any atom is 0.227 e. The molecule has 0 saturated carbocycles. The molecule has 1 N–H and O–H groups in total. The van der Waals surface area contributed by atoms with Crippen LogP contribution in [0.3, 0.4) is 0 Å². The number of piperidine rings is 1.